The third kappa shape index (κ3) is 2.92. The van der Waals surface area contributed by atoms with E-state index in [0.717, 1.165) is 5.56 Å². The molecular formula is C15H19NO4. The van der Waals surface area contributed by atoms with Crippen LogP contribution in [0.3, 0.4) is 0 Å². The average molecular weight is 277 g/mol. The van der Waals surface area contributed by atoms with Crippen LogP contribution >= 0.6 is 0 Å². The van der Waals surface area contributed by atoms with Gasteiger partial charge in [0, 0.05) is 18.7 Å². The highest BCUT2D eigenvalue weighted by molar-refractivity contribution is 5.94. The molecule has 1 fully saturated rings. The fourth-order valence-electron chi connectivity index (χ4n) is 2.41. The van der Waals surface area contributed by atoms with Gasteiger partial charge in [-0.3, -0.25) is 9.59 Å². The fraction of sp³-hybridized carbons (Fsp3) is 0.467. The van der Waals surface area contributed by atoms with E-state index >= 15 is 0 Å². The number of aromatic hydroxyl groups is 1. The number of carbonyl (C=O) groups excluding carboxylic acids is 2. The Kier molecular flexibility index (Phi) is 4.27. The van der Waals surface area contributed by atoms with Crippen LogP contribution in [0.15, 0.2) is 18.2 Å². The predicted octanol–water partition coefficient (Wildman–Crippen LogP) is 1.73. The summed E-state index contributed by atoms with van der Waals surface area (Å²) in [6.07, 6.45) is 1.24. The first kappa shape index (κ1) is 14.4. The Hall–Kier alpha value is -2.04. The van der Waals surface area contributed by atoms with Crippen LogP contribution in [0.2, 0.25) is 0 Å². The Morgan fingerprint density at radius 3 is 2.50 bits per heavy atom. The lowest BCUT2D eigenvalue weighted by Crippen LogP contribution is -2.40. The summed E-state index contributed by atoms with van der Waals surface area (Å²) in [5.74, 6) is -0.301. The Labute approximate surface area is 118 Å². The van der Waals surface area contributed by atoms with Crippen molar-refractivity contribution >= 4 is 11.9 Å². The number of amides is 1. The lowest BCUT2D eigenvalue weighted by atomic mass is 9.96. The highest BCUT2D eigenvalue weighted by Gasteiger charge is 2.28. The molecule has 108 valence electrons. The molecule has 1 aliphatic rings. The zero-order chi connectivity index (χ0) is 14.7. The second kappa shape index (κ2) is 5.94. The standard InChI is InChI=1S/C15H19NO4/c1-10-3-4-12(9-13(10)17)14(18)16-7-5-11(6-8-16)15(19)20-2/h3-4,9,11,17H,5-8H2,1-2H3. The van der Waals surface area contributed by atoms with Crippen LogP contribution in [-0.4, -0.2) is 42.1 Å². The van der Waals surface area contributed by atoms with E-state index in [-0.39, 0.29) is 23.5 Å². The summed E-state index contributed by atoms with van der Waals surface area (Å²) in [5.41, 5.74) is 1.22. The lowest BCUT2D eigenvalue weighted by molar-refractivity contribution is -0.146. The van der Waals surface area contributed by atoms with Crippen molar-refractivity contribution in [2.75, 3.05) is 20.2 Å². The van der Waals surface area contributed by atoms with Gasteiger partial charge >= 0.3 is 5.97 Å². The summed E-state index contributed by atoms with van der Waals surface area (Å²) >= 11 is 0. The van der Waals surface area contributed by atoms with E-state index in [0.29, 0.717) is 31.5 Å². The Bertz CT molecular complexity index is 519. The van der Waals surface area contributed by atoms with E-state index < -0.39 is 0 Å². The number of hydrogen-bond acceptors (Lipinski definition) is 4. The molecule has 0 atom stereocenters. The Balaban J connectivity index is 2.01. The number of carbonyl (C=O) groups is 2. The topological polar surface area (TPSA) is 66.8 Å². The second-order valence-electron chi connectivity index (χ2n) is 5.09. The van der Waals surface area contributed by atoms with Crippen LogP contribution in [0.25, 0.3) is 0 Å². The maximum absolute atomic E-state index is 12.3. The van der Waals surface area contributed by atoms with Crippen LogP contribution in [0.4, 0.5) is 0 Å². The summed E-state index contributed by atoms with van der Waals surface area (Å²) in [6, 6.07) is 4.93. The van der Waals surface area contributed by atoms with Gasteiger partial charge in [-0.05, 0) is 37.5 Å². The number of aryl methyl sites for hydroxylation is 1. The van der Waals surface area contributed by atoms with Gasteiger partial charge in [0.05, 0.1) is 13.0 Å². The van der Waals surface area contributed by atoms with Gasteiger partial charge in [0.1, 0.15) is 5.75 Å². The van der Waals surface area contributed by atoms with Crippen LogP contribution in [0, 0.1) is 12.8 Å². The molecule has 0 aliphatic carbocycles. The molecular weight excluding hydrogens is 258 g/mol. The Morgan fingerprint density at radius 2 is 1.95 bits per heavy atom. The maximum Gasteiger partial charge on any atom is 0.308 e. The fourth-order valence-corrected chi connectivity index (χ4v) is 2.41. The molecule has 0 bridgehead atoms. The van der Waals surface area contributed by atoms with Gasteiger partial charge < -0.3 is 14.7 Å². The molecule has 0 aromatic heterocycles. The maximum atomic E-state index is 12.3. The highest BCUT2D eigenvalue weighted by atomic mass is 16.5. The number of phenols is 1. The lowest BCUT2D eigenvalue weighted by Gasteiger charge is -2.30. The quantitative estimate of drug-likeness (QED) is 0.836. The minimum Gasteiger partial charge on any atom is -0.508 e. The number of nitrogens with zero attached hydrogens (tertiary/aromatic N) is 1. The van der Waals surface area contributed by atoms with E-state index in [9.17, 15) is 14.7 Å². The highest BCUT2D eigenvalue weighted by Crippen LogP contribution is 2.22. The van der Waals surface area contributed by atoms with Gasteiger partial charge in [-0.1, -0.05) is 6.07 Å². The third-order valence-corrected chi connectivity index (χ3v) is 3.77. The van der Waals surface area contributed by atoms with Gasteiger partial charge in [0.25, 0.3) is 5.91 Å². The van der Waals surface area contributed by atoms with Crippen molar-refractivity contribution in [3.05, 3.63) is 29.3 Å². The summed E-state index contributed by atoms with van der Waals surface area (Å²) in [6.45, 7) is 2.85. The van der Waals surface area contributed by atoms with Crippen molar-refractivity contribution in [1.82, 2.24) is 4.90 Å². The van der Waals surface area contributed by atoms with E-state index in [1.165, 1.54) is 13.2 Å². The molecule has 1 aliphatic heterocycles. The zero-order valence-electron chi connectivity index (χ0n) is 11.8. The third-order valence-electron chi connectivity index (χ3n) is 3.77. The molecule has 1 aromatic carbocycles. The summed E-state index contributed by atoms with van der Waals surface area (Å²) in [4.78, 5) is 25.5. The molecule has 5 nitrogen and oxygen atoms in total. The first-order chi connectivity index (χ1) is 9.52. The van der Waals surface area contributed by atoms with Crippen LogP contribution in [0.1, 0.15) is 28.8 Å². The molecule has 0 saturated carbocycles. The molecule has 0 radical (unpaired) electrons. The minimum atomic E-state index is -0.204. The molecule has 1 heterocycles. The number of piperidine rings is 1. The molecule has 2 rings (SSSR count). The number of hydrogen-bond donors (Lipinski definition) is 1. The van der Waals surface area contributed by atoms with Crippen molar-refractivity contribution < 1.29 is 19.4 Å². The average Bonchev–Trinajstić information content (AvgIpc) is 2.48. The number of benzene rings is 1. The molecule has 1 N–H and O–H groups in total. The summed E-state index contributed by atoms with van der Waals surface area (Å²) < 4.78 is 4.72. The molecule has 20 heavy (non-hydrogen) atoms. The predicted molar refractivity (Wildman–Crippen MR) is 73.5 cm³/mol. The van der Waals surface area contributed by atoms with E-state index in [1.54, 1.807) is 24.0 Å². The van der Waals surface area contributed by atoms with E-state index in [2.05, 4.69) is 0 Å². The zero-order valence-corrected chi connectivity index (χ0v) is 11.8. The van der Waals surface area contributed by atoms with Gasteiger partial charge in [0.15, 0.2) is 0 Å². The molecule has 0 spiro atoms. The van der Waals surface area contributed by atoms with Gasteiger partial charge in [0.2, 0.25) is 0 Å². The largest absolute Gasteiger partial charge is 0.508 e. The van der Waals surface area contributed by atoms with Crippen LogP contribution < -0.4 is 0 Å². The van der Waals surface area contributed by atoms with Crippen molar-refractivity contribution in [3.63, 3.8) is 0 Å². The number of rotatable bonds is 2. The molecule has 1 saturated heterocycles. The summed E-state index contributed by atoms with van der Waals surface area (Å²) in [5, 5.41) is 9.66. The molecule has 0 unspecified atom stereocenters. The van der Waals surface area contributed by atoms with E-state index in [4.69, 9.17) is 4.74 Å². The number of ether oxygens (including phenoxy) is 1. The number of phenolic OH excluding ortho intramolecular Hbond substituents is 1. The number of methoxy groups -OCH3 is 1. The van der Waals surface area contributed by atoms with Gasteiger partial charge in [-0.2, -0.15) is 0 Å². The monoisotopic (exact) mass is 277 g/mol. The summed E-state index contributed by atoms with van der Waals surface area (Å²) in [7, 11) is 1.38. The molecule has 1 aromatic rings. The second-order valence-corrected chi connectivity index (χ2v) is 5.09. The van der Waals surface area contributed by atoms with Crippen LogP contribution in [0.5, 0.6) is 5.75 Å². The smallest absolute Gasteiger partial charge is 0.308 e. The van der Waals surface area contributed by atoms with Gasteiger partial charge in [-0.25, -0.2) is 0 Å². The Morgan fingerprint density at radius 1 is 1.30 bits per heavy atom. The normalized spacial score (nSPS) is 16.0. The van der Waals surface area contributed by atoms with Crippen molar-refractivity contribution in [2.45, 2.75) is 19.8 Å². The minimum absolute atomic E-state index is 0.108. The number of likely N-dealkylation sites (tertiary alicyclic amines) is 1. The first-order valence-electron chi connectivity index (χ1n) is 6.69. The first-order valence-corrected chi connectivity index (χ1v) is 6.69. The van der Waals surface area contributed by atoms with Crippen molar-refractivity contribution in [1.29, 1.82) is 0 Å². The van der Waals surface area contributed by atoms with Crippen molar-refractivity contribution in [2.24, 2.45) is 5.92 Å². The van der Waals surface area contributed by atoms with Crippen molar-refractivity contribution in [3.8, 4) is 5.75 Å². The van der Waals surface area contributed by atoms with Crippen LogP contribution in [-0.2, 0) is 9.53 Å². The number of esters is 1. The molecule has 5 heteroatoms. The van der Waals surface area contributed by atoms with E-state index in [1.807, 2.05) is 0 Å². The van der Waals surface area contributed by atoms with Gasteiger partial charge in [-0.15, -0.1) is 0 Å². The SMILES string of the molecule is COC(=O)C1CCN(C(=O)c2ccc(C)c(O)c2)CC1. The molecule has 1 amide bonds.